The normalized spacial score (nSPS) is 9.93. The highest BCUT2D eigenvalue weighted by molar-refractivity contribution is 5.90. The summed E-state index contributed by atoms with van der Waals surface area (Å²) in [5.41, 5.74) is 1.09. The van der Waals surface area contributed by atoms with Gasteiger partial charge in [0, 0.05) is 17.5 Å². The molecule has 0 amide bonds. The van der Waals surface area contributed by atoms with Crippen LogP contribution in [0.4, 0.5) is 0 Å². The number of hydrogen-bond acceptors (Lipinski definition) is 3. The molecule has 76 valence electrons. The summed E-state index contributed by atoms with van der Waals surface area (Å²) in [6.07, 6.45) is 0. The first-order valence-electron chi connectivity index (χ1n) is 4.44. The first-order valence-corrected chi connectivity index (χ1v) is 4.44. The Bertz CT molecular complexity index is 406. The van der Waals surface area contributed by atoms with E-state index in [4.69, 9.17) is 4.74 Å². The summed E-state index contributed by atoms with van der Waals surface area (Å²) in [5.74, 6) is -0.564. The number of hydrogen-bond donors (Lipinski definition) is 1. The summed E-state index contributed by atoms with van der Waals surface area (Å²) >= 11 is 0. The van der Waals surface area contributed by atoms with Crippen molar-refractivity contribution in [1.29, 1.82) is 0 Å². The maximum absolute atomic E-state index is 11.5. The quantitative estimate of drug-likeness (QED) is 0.720. The third-order valence-electron chi connectivity index (χ3n) is 1.83. The summed E-state index contributed by atoms with van der Waals surface area (Å²) in [4.78, 5) is 25.7. The topological polar surface area (TPSA) is 59.2 Å². The highest BCUT2D eigenvalue weighted by atomic mass is 16.5. The molecular formula is C10H13NO3. The van der Waals surface area contributed by atoms with E-state index in [0.717, 1.165) is 5.69 Å². The molecule has 0 unspecified atom stereocenters. The highest BCUT2D eigenvalue weighted by Crippen LogP contribution is 2.02. The van der Waals surface area contributed by atoms with Crippen molar-refractivity contribution in [2.75, 3.05) is 6.61 Å². The molecule has 1 rings (SSSR count). The van der Waals surface area contributed by atoms with E-state index in [1.165, 1.54) is 6.07 Å². The van der Waals surface area contributed by atoms with Gasteiger partial charge in [-0.25, -0.2) is 4.79 Å². The molecule has 0 atom stereocenters. The predicted octanol–water partition coefficient (Wildman–Crippen LogP) is 1.17. The van der Waals surface area contributed by atoms with Crippen LogP contribution in [0.5, 0.6) is 0 Å². The molecule has 1 aromatic heterocycles. The fourth-order valence-electron chi connectivity index (χ4n) is 1.30. The van der Waals surface area contributed by atoms with E-state index in [9.17, 15) is 9.59 Å². The third-order valence-corrected chi connectivity index (χ3v) is 1.83. The number of carbonyl (C=O) groups is 1. The molecule has 0 aliphatic heterocycles. The zero-order valence-electron chi connectivity index (χ0n) is 8.51. The number of nitrogens with one attached hydrogen (secondary N) is 1. The van der Waals surface area contributed by atoms with Gasteiger partial charge in [0.2, 0.25) is 0 Å². The zero-order valence-corrected chi connectivity index (χ0v) is 8.51. The smallest absolute Gasteiger partial charge is 0.343 e. The van der Waals surface area contributed by atoms with E-state index < -0.39 is 5.97 Å². The Morgan fingerprint density at radius 3 is 2.64 bits per heavy atom. The van der Waals surface area contributed by atoms with E-state index in [2.05, 4.69) is 4.98 Å². The Morgan fingerprint density at radius 2 is 2.14 bits per heavy atom. The number of carbonyl (C=O) groups excluding carboxylic acids is 1. The van der Waals surface area contributed by atoms with Crippen molar-refractivity contribution in [2.45, 2.75) is 20.8 Å². The van der Waals surface area contributed by atoms with Crippen LogP contribution < -0.4 is 5.43 Å². The molecule has 14 heavy (non-hydrogen) atoms. The average molecular weight is 195 g/mol. The van der Waals surface area contributed by atoms with Crippen molar-refractivity contribution in [1.82, 2.24) is 4.98 Å². The van der Waals surface area contributed by atoms with Crippen LogP contribution in [0, 0.1) is 13.8 Å². The fourth-order valence-corrected chi connectivity index (χ4v) is 1.30. The van der Waals surface area contributed by atoms with Gasteiger partial charge in [-0.05, 0) is 20.8 Å². The van der Waals surface area contributed by atoms with Crippen LogP contribution in [-0.4, -0.2) is 17.6 Å². The van der Waals surface area contributed by atoms with Crippen molar-refractivity contribution in [3.8, 4) is 0 Å². The predicted molar refractivity (Wildman–Crippen MR) is 52.5 cm³/mol. The molecule has 1 heterocycles. The van der Waals surface area contributed by atoms with Crippen LogP contribution in [0.3, 0.4) is 0 Å². The fraction of sp³-hybridized carbons (Fsp3) is 0.400. The average Bonchev–Trinajstić information content (AvgIpc) is 2.01. The van der Waals surface area contributed by atoms with Crippen LogP contribution in [0.1, 0.15) is 28.7 Å². The van der Waals surface area contributed by atoms with Crippen LogP contribution in [0.2, 0.25) is 0 Å². The molecule has 0 fully saturated rings. The molecule has 1 N–H and O–H groups in total. The highest BCUT2D eigenvalue weighted by Gasteiger charge is 2.14. The van der Waals surface area contributed by atoms with Gasteiger partial charge in [-0.2, -0.15) is 0 Å². The summed E-state index contributed by atoms with van der Waals surface area (Å²) in [7, 11) is 0. The molecule has 1 aromatic rings. The van der Waals surface area contributed by atoms with Crippen molar-refractivity contribution in [2.24, 2.45) is 0 Å². The minimum Gasteiger partial charge on any atom is -0.462 e. The summed E-state index contributed by atoms with van der Waals surface area (Å²) in [5, 5.41) is 0. The Morgan fingerprint density at radius 1 is 1.50 bits per heavy atom. The first kappa shape index (κ1) is 10.5. The third kappa shape index (κ3) is 2.02. The largest absolute Gasteiger partial charge is 0.462 e. The van der Waals surface area contributed by atoms with Gasteiger partial charge in [0.15, 0.2) is 5.43 Å². The van der Waals surface area contributed by atoms with E-state index >= 15 is 0 Å². The second kappa shape index (κ2) is 4.09. The maximum atomic E-state index is 11.5. The van der Waals surface area contributed by atoms with Gasteiger partial charge in [0.25, 0.3) is 0 Å². The lowest BCUT2D eigenvalue weighted by Crippen LogP contribution is -2.20. The molecule has 0 aliphatic rings. The lowest BCUT2D eigenvalue weighted by molar-refractivity contribution is 0.0523. The number of aromatic nitrogens is 1. The molecule has 0 aromatic carbocycles. The number of aromatic amines is 1. The first-order chi connectivity index (χ1) is 6.56. The second-order valence-corrected chi connectivity index (χ2v) is 3.04. The Kier molecular flexibility index (Phi) is 3.06. The minimum atomic E-state index is -0.564. The van der Waals surface area contributed by atoms with Crippen LogP contribution in [0.15, 0.2) is 10.9 Å². The van der Waals surface area contributed by atoms with Gasteiger partial charge < -0.3 is 9.72 Å². The van der Waals surface area contributed by atoms with E-state index in [-0.39, 0.29) is 17.6 Å². The lowest BCUT2D eigenvalue weighted by Gasteiger charge is -2.05. The number of ether oxygens (including phenoxy) is 1. The van der Waals surface area contributed by atoms with Crippen LogP contribution in [0.25, 0.3) is 0 Å². The van der Waals surface area contributed by atoms with Gasteiger partial charge in [0.1, 0.15) is 5.56 Å². The van der Waals surface area contributed by atoms with Gasteiger partial charge in [-0.3, -0.25) is 4.79 Å². The Labute approximate surface area is 81.9 Å². The lowest BCUT2D eigenvalue weighted by atomic mass is 10.2. The molecule has 0 aliphatic carbocycles. The van der Waals surface area contributed by atoms with E-state index in [1.54, 1.807) is 20.8 Å². The maximum Gasteiger partial charge on any atom is 0.343 e. The zero-order chi connectivity index (χ0) is 10.7. The summed E-state index contributed by atoms with van der Waals surface area (Å²) in [6, 6.07) is 1.39. The van der Waals surface area contributed by atoms with Crippen molar-refractivity contribution in [3.63, 3.8) is 0 Å². The van der Waals surface area contributed by atoms with Crippen molar-refractivity contribution >= 4 is 5.97 Å². The van der Waals surface area contributed by atoms with Crippen LogP contribution >= 0.6 is 0 Å². The van der Waals surface area contributed by atoms with Gasteiger partial charge >= 0.3 is 5.97 Å². The summed E-state index contributed by atoms with van der Waals surface area (Å²) < 4.78 is 4.77. The monoisotopic (exact) mass is 195 g/mol. The molecule has 0 saturated heterocycles. The number of aryl methyl sites for hydroxylation is 2. The van der Waals surface area contributed by atoms with Gasteiger partial charge in [0.05, 0.1) is 6.61 Å². The molecule has 4 heteroatoms. The van der Waals surface area contributed by atoms with Gasteiger partial charge in [-0.1, -0.05) is 0 Å². The molecular weight excluding hydrogens is 182 g/mol. The number of H-pyrrole nitrogens is 1. The minimum absolute atomic E-state index is 0.0949. The molecule has 4 nitrogen and oxygen atoms in total. The van der Waals surface area contributed by atoms with E-state index in [0.29, 0.717) is 5.69 Å². The van der Waals surface area contributed by atoms with Crippen molar-refractivity contribution < 1.29 is 9.53 Å². The molecule has 0 spiro atoms. The standard InChI is InChI=1S/C10H13NO3/c1-4-14-10(13)9-7(3)11-6(2)5-8(9)12/h5H,4H2,1-3H3,(H,11,12). The van der Waals surface area contributed by atoms with Crippen molar-refractivity contribution in [3.05, 3.63) is 33.2 Å². The van der Waals surface area contributed by atoms with E-state index in [1.807, 2.05) is 0 Å². The Hall–Kier alpha value is -1.58. The Balaban J connectivity index is 3.21. The second-order valence-electron chi connectivity index (χ2n) is 3.04. The SMILES string of the molecule is CCOC(=O)c1c(C)[nH]c(C)cc1=O. The summed E-state index contributed by atoms with van der Waals surface area (Å²) in [6.45, 7) is 5.42. The molecule has 0 bridgehead atoms. The number of rotatable bonds is 2. The molecule has 0 radical (unpaired) electrons. The molecule has 0 saturated carbocycles. The van der Waals surface area contributed by atoms with Gasteiger partial charge in [-0.15, -0.1) is 0 Å². The number of pyridine rings is 1. The number of esters is 1. The van der Waals surface area contributed by atoms with Crippen LogP contribution in [-0.2, 0) is 4.74 Å².